The number of phenols is 1. The van der Waals surface area contributed by atoms with Gasteiger partial charge in [-0.25, -0.2) is 4.98 Å². The number of amides is 1. The lowest BCUT2D eigenvalue weighted by Gasteiger charge is -2.07. The second kappa shape index (κ2) is 5.42. The number of phenolic OH excluding ortho intramolecular Hbond substituents is 1. The van der Waals surface area contributed by atoms with Crippen LogP contribution in [0.4, 0.5) is 5.69 Å². The Morgan fingerprint density at radius 1 is 1.36 bits per heavy atom. The van der Waals surface area contributed by atoms with Crippen LogP contribution in [0.5, 0.6) is 5.75 Å². The van der Waals surface area contributed by atoms with Crippen LogP contribution >= 0.6 is 15.9 Å². The number of rotatable bonds is 2. The zero-order valence-electron chi connectivity index (χ0n) is 12.0. The minimum absolute atomic E-state index is 0.0766. The highest BCUT2D eigenvalue weighted by atomic mass is 79.9. The van der Waals surface area contributed by atoms with E-state index in [0.29, 0.717) is 10.2 Å². The molecule has 0 aliphatic heterocycles. The van der Waals surface area contributed by atoms with Crippen molar-refractivity contribution in [3.63, 3.8) is 0 Å². The van der Waals surface area contributed by atoms with Crippen LogP contribution in [-0.2, 0) is 7.05 Å². The molecule has 1 amide bonds. The highest BCUT2D eigenvalue weighted by Crippen LogP contribution is 2.24. The molecule has 0 atom stereocenters. The molecule has 0 aliphatic rings. The molecule has 3 aromatic rings. The first-order valence-corrected chi connectivity index (χ1v) is 7.34. The van der Waals surface area contributed by atoms with Gasteiger partial charge in [0.25, 0.3) is 5.91 Å². The maximum atomic E-state index is 12.3. The highest BCUT2D eigenvalue weighted by Gasteiger charge is 2.13. The fourth-order valence-corrected chi connectivity index (χ4v) is 2.63. The molecule has 0 fully saturated rings. The Bertz CT molecular complexity index is 889. The number of anilines is 1. The summed E-state index contributed by atoms with van der Waals surface area (Å²) in [6.45, 7) is 1.88. The number of aromatic nitrogens is 3. The molecule has 0 aliphatic carbocycles. The van der Waals surface area contributed by atoms with Gasteiger partial charge < -0.3 is 10.4 Å². The first-order valence-electron chi connectivity index (χ1n) is 6.55. The Hall–Kier alpha value is -2.41. The third kappa shape index (κ3) is 2.55. The van der Waals surface area contributed by atoms with Gasteiger partial charge in [0.05, 0.1) is 23.1 Å². The molecule has 2 N–H and O–H groups in total. The third-order valence-electron chi connectivity index (χ3n) is 3.32. The number of aromatic hydroxyl groups is 1. The number of pyridine rings is 1. The predicted octanol–water partition coefficient (Wildman–Crippen LogP) is 3.00. The minimum Gasteiger partial charge on any atom is -0.507 e. The Balaban J connectivity index is 1.94. The molecule has 0 spiro atoms. The molecule has 0 unspecified atom stereocenters. The van der Waals surface area contributed by atoms with E-state index in [0.717, 1.165) is 16.7 Å². The maximum Gasteiger partial charge on any atom is 0.259 e. The number of nitrogens with zero attached hydrogens (tertiary/aromatic N) is 3. The number of hydrogen-bond acceptors (Lipinski definition) is 4. The van der Waals surface area contributed by atoms with E-state index in [1.54, 1.807) is 23.0 Å². The first-order chi connectivity index (χ1) is 10.5. The van der Waals surface area contributed by atoms with Crippen LogP contribution < -0.4 is 5.32 Å². The quantitative estimate of drug-likeness (QED) is 0.736. The van der Waals surface area contributed by atoms with Gasteiger partial charge in [0.2, 0.25) is 0 Å². The number of benzene rings is 1. The smallest absolute Gasteiger partial charge is 0.259 e. The van der Waals surface area contributed by atoms with Crippen LogP contribution in [0.15, 0.2) is 34.9 Å². The lowest BCUT2D eigenvalue weighted by Crippen LogP contribution is -2.12. The van der Waals surface area contributed by atoms with E-state index >= 15 is 0 Å². The summed E-state index contributed by atoms with van der Waals surface area (Å²) in [5.41, 5.74) is 2.33. The van der Waals surface area contributed by atoms with E-state index in [-0.39, 0.29) is 11.3 Å². The normalized spacial score (nSPS) is 10.9. The zero-order chi connectivity index (χ0) is 15.9. The van der Waals surface area contributed by atoms with E-state index in [9.17, 15) is 9.90 Å². The van der Waals surface area contributed by atoms with E-state index in [1.165, 1.54) is 6.07 Å². The molecule has 22 heavy (non-hydrogen) atoms. The second-order valence-corrected chi connectivity index (χ2v) is 5.84. The van der Waals surface area contributed by atoms with Gasteiger partial charge in [-0.2, -0.15) is 5.10 Å². The molecular weight excluding hydrogens is 348 g/mol. The summed E-state index contributed by atoms with van der Waals surface area (Å²) >= 11 is 3.28. The van der Waals surface area contributed by atoms with Gasteiger partial charge in [-0.3, -0.25) is 9.48 Å². The standard InChI is InChI=1S/C15H13BrN4O2/c1-8-11-6-10(7-17-14(11)20(2)19-8)18-15(22)12-5-9(16)3-4-13(12)21/h3-7,21H,1-2H3,(H,18,22). The molecule has 2 heterocycles. The van der Waals surface area contributed by atoms with Crippen LogP contribution in [0.25, 0.3) is 11.0 Å². The van der Waals surface area contributed by atoms with E-state index < -0.39 is 5.91 Å². The van der Waals surface area contributed by atoms with Gasteiger partial charge in [0.15, 0.2) is 5.65 Å². The molecule has 7 heteroatoms. The zero-order valence-corrected chi connectivity index (χ0v) is 13.5. The van der Waals surface area contributed by atoms with Crippen molar-refractivity contribution in [3.05, 3.63) is 46.2 Å². The van der Waals surface area contributed by atoms with E-state index in [4.69, 9.17) is 0 Å². The molecule has 0 bridgehead atoms. The highest BCUT2D eigenvalue weighted by molar-refractivity contribution is 9.10. The summed E-state index contributed by atoms with van der Waals surface area (Å²) in [6.07, 6.45) is 1.57. The van der Waals surface area contributed by atoms with Crippen molar-refractivity contribution >= 4 is 38.6 Å². The molecular formula is C15H13BrN4O2. The number of carbonyl (C=O) groups excluding carboxylic acids is 1. The van der Waals surface area contributed by atoms with Gasteiger partial charge in [-0.05, 0) is 31.2 Å². The number of halogens is 1. The first kappa shape index (κ1) is 14.5. The Labute approximate surface area is 134 Å². The van der Waals surface area contributed by atoms with Gasteiger partial charge >= 0.3 is 0 Å². The monoisotopic (exact) mass is 360 g/mol. The van der Waals surface area contributed by atoms with Gasteiger partial charge in [0.1, 0.15) is 5.75 Å². The van der Waals surface area contributed by atoms with Crippen molar-refractivity contribution in [1.29, 1.82) is 0 Å². The van der Waals surface area contributed by atoms with Crippen molar-refractivity contribution in [2.24, 2.45) is 7.05 Å². The van der Waals surface area contributed by atoms with Crippen LogP contribution in [0.1, 0.15) is 16.1 Å². The average molecular weight is 361 g/mol. The minimum atomic E-state index is -0.401. The van der Waals surface area contributed by atoms with Crippen LogP contribution in [0.2, 0.25) is 0 Å². The third-order valence-corrected chi connectivity index (χ3v) is 3.82. The van der Waals surface area contributed by atoms with E-state index in [1.807, 2.05) is 20.0 Å². The van der Waals surface area contributed by atoms with Crippen molar-refractivity contribution in [3.8, 4) is 5.75 Å². The van der Waals surface area contributed by atoms with Gasteiger partial charge in [0, 0.05) is 16.9 Å². The Morgan fingerprint density at radius 3 is 2.91 bits per heavy atom. The summed E-state index contributed by atoms with van der Waals surface area (Å²) in [6, 6.07) is 6.51. The summed E-state index contributed by atoms with van der Waals surface area (Å²) in [7, 11) is 1.82. The summed E-state index contributed by atoms with van der Waals surface area (Å²) in [5, 5.41) is 17.7. The number of aryl methyl sites for hydroxylation is 2. The molecule has 1 aromatic carbocycles. The Kier molecular flexibility index (Phi) is 3.58. The van der Waals surface area contributed by atoms with Crippen LogP contribution in [-0.4, -0.2) is 25.8 Å². The number of nitrogens with one attached hydrogen (secondary N) is 1. The number of fused-ring (bicyclic) bond motifs is 1. The summed E-state index contributed by atoms with van der Waals surface area (Å²) < 4.78 is 2.41. The molecule has 2 aromatic heterocycles. The molecule has 112 valence electrons. The van der Waals surface area contributed by atoms with Gasteiger partial charge in [-0.15, -0.1) is 0 Å². The van der Waals surface area contributed by atoms with Crippen molar-refractivity contribution in [2.75, 3.05) is 5.32 Å². The molecule has 0 saturated carbocycles. The lowest BCUT2D eigenvalue weighted by atomic mass is 10.2. The van der Waals surface area contributed by atoms with Crippen LogP contribution in [0.3, 0.4) is 0 Å². The van der Waals surface area contributed by atoms with Crippen molar-refractivity contribution < 1.29 is 9.90 Å². The van der Waals surface area contributed by atoms with E-state index in [2.05, 4.69) is 31.3 Å². The SMILES string of the molecule is Cc1nn(C)c2ncc(NC(=O)c3cc(Br)ccc3O)cc12. The fraction of sp³-hybridized carbons (Fsp3) is 0.133. The van der Waals surface area contributed by atoms with Crippen LogP contribution in [0, 0.1) is 6.92 Å². The van der Waals surface area contributed by atoms with Crippen molar-refractivity contribution in [1.82, 2.24) is 14.8 Å². The topological polar surface area (TPSA) is 80.0 Å². The Morgan fingerprint density at radius 2 is 2.14 bits per heavy atom. The molecule has 3 rings (SSSR count). The summed E-state index contributed by atoms with van der Waals surface area (Å²) in [4.78, 5) is 16.6. The molecule has 0 radical (unpaired) electrons. The second-order valence-electron chi connectivity index (χ2n) is 4.92. The van der Waals surface area contributed by atoms with Crippen molar-refractivity contribution in [2.45, 2.75) is 6.92 Å². The predicted molar refractivity (Wildman–Crippen MR) is 87.0 cm³/mol. The molecule has 6 nitrogen and oxygen atoms in total. The number of hydrogen-bond donors (Lipinski definition) is 2. The summed E-state index contributed by atoms with van der Waals surface area (Å²) in [5.74, 6) is -0.478. The largest absolute Gasteiger partial charge is 0.507 e. The average Bonchev–Trinajstić information content (AvgIpc) is 2.76. The van der Waals surface area contributed by atoms with Gasteiger partial charge in [-0.1, -0.05) is 15.9 Å². The lowest BCUT2D eigenvalue weighted by molar-refractivity contribution is 0.102. The maximum absolute atomic E-state index is 12.3. The fourth-order valence-electron chi connectivity index (χ4n) is 2.26. The molecule has 0 saturated heterocycles. The number of carbonyl (C=O) groups is 1.